The number of unbranched alkanes of at least 4 members (excludes halogenated alkanes) is 7. The molecule has 0 nitrogen and oxygen atoms in total. The van der Waals surface area contributed by atoms with E-state index in [-0.39, 0.29) is 0 Å². The van der Waals surface area contributed by atoms with E-state index in [1.54, 1.807) is 0 Å². The Bertz CT molecular complexity index is 357. The Morgan fingerprint density at radius 2 is 1.50 bits per heavy atom. The van der Waals surface area contributed by atoms with Crippen molar-refractivity contribution in [2.75, 3.05) is 0 Å². The third-order valence-corrected chi connectivity index (χ3v) is 3.47. The number of terminal acetylenes is 1. The van der Waals surface area contributed by atoms with E-state index in [1.165, 1.54) is 56.9 Å². The zero-order chi connectivity index (χ0) is 13.1. The summed E-state index contributed by atoms with van der Waals surface area (Å²) in [5.41, 5.74) is 2.41. The van der Waals surface area contributed by atoms with Crippen molar-refractivity contribution in [2.24, 2.45) is 0 Å². The lowest BCUT2D eigenvalue weighted by Gasteiger charge is -2.04. The lowest BCUT2D eigenvalue weighted by atomic mass is 10.0. The quantitative estimate of drug-likeness (QED) is 0.404. The van der Waals surface area contributed by atoms with E-state index in [0.29, 0.717) is 0 Å². The second-order valence-electron chi connectivity index (χ2n) is 5.03. The van der Waals surface area contributed by atoms with Gasteiger partial charge in [0, 0.05) is 5.56 Å². The first-order valence-electron chi connectivity index (χ1n) is 7.43. The smallest absolute Gasteiger partial charge is 0.0274 e. The van der Waals surface area contributed by atoms with E-state index >= 15 is 0 Å². The molecular weight excluding hydrogens is 216 g/mol. The van der Waals surface area contributed by atoms with Crippen molar-refractivity contribution in [3.05, 3.63) is 35.4 Å². The minimum atomic E-state index is 1.07. The summed E-state index contributed by atoms with van der Waals surface area (Å²) in [6.45, 7) is 2.27. The van der Waals surface area contributed by atoms with Crippen LogP contribution in [-0.2, 0) is 6.42 Å². The second-order valence-corrected chi connectivity index (χ2v) is 5.03. The van der Waals surface area contributed by atoms with E-state index < -0.39 is 0 Å². The maximum atomic E-state index is 5.50. The molecule has 0 radical (unpaired) electrons. The summed E-state index contributed by atoms with van der Waals surface area (Å²) in [6.07, 6.45) is 17.6. The summed E-state index contributed by atoms with van der Waals surface area (Å²) in [5.74, 6) is 2.77. The Kier molecular flexibility index (Phi) is 8.06. The van der Waals surface area contributed by atoms with Gasteiger partial charge in [0.15, 0.2) is 0 Å². The molecule has 1 aromatic rings. The van der Waals surface area contributed by atoms with Crippen molar-refractivity contribution in [2.45, 2.75) is 64.7 Å². The van der Waals surface area contributed by atoms with Crippen LogP contribution in [0.5, 0.6) is 0 Å². The SMILES string of the molecule is C#Cc1ccccc1CCCCCCCCCC. The summed E-state index contributed by atoms with van der Waals surface area (Å²) in [7, 11) is 0. The molecule has 0 spiro atoms. The van der Waals surface area contributed by atoms with Crippen LogP contribution in [0.1, 0.15) is 69.4 Å². The van der Waals surface area contributed by atoms with Crippen LogP contribution in [0.4, 0.5) is 0 Å². The van der Waals surface area contributed by atoms with Crippen LogP contribution in [0, 0.1) is 12.3 Å². The Balaban J connectivity index is 2.09. The fourth-order valence-corrected chi connectivity index (χ4v) is 2.33. The first-order chi connectivity index (χ1) is 8.88. The average molecular weight is 242 g/mol. The first-order valence-corrected chi connectivity index (χ1v) is 7.43. The summed E-state index contributed by atoms with van der Waals surface area (Å²) in [5, 5.41) is 0. The lowest BCUT2D eigenvalue weighted by molar-refractivity contribution is 0.575. The van der Waals surface area contributed by atoms with Crippen LogP contribution in [0.3, 0.4) is 0 Å². The lowest BCUT2D eigenvalue weighted by Crippen LogP contribution is -1.90. The van der Waals surface area contributed by atoms with Crippen LogP contribution in [-0.4, -0.2) is 0 Å². The van der Waals surface area contributed by atoms with Gasteiger partial charge < -0.3 is 0 Å². The maximum absolute atomic E-state index is 5.50. The third-order valence-electron chi connectivity index (χ3n) is 3.47. The molecule has 0 saturated carbocycles. The molecule has 1 aromatic carbocycles. The predicted molar refractivity (Wildman–Crippen MR) is 80.7 cm³/mol. The first kappa shape index (κ1) is 14.8. The van der Waals surface area contributed by atoms with Gasteiger partial charge in [-0.2, -0.15) is 0 Å². The molecule has 0 atom stereocenters. The van der Waals surface area contributed by atoms with Gasteiger partial charge in [0.1, 0.15) is 0 Å². The molecule has 0 aliphatic rings. The largest absolute Gasteiger partial charge is 0.115 e. The van der Waals surface area contributed by atoms with Crippen LogP contribution < -0.4 is 0 Å². The molecule has 1 rings (SSSR count). The highest BCUT2D eigenvalue weighted by Gasteiger charge is 1.98. The number of aryl methyl sites for hydroxylation is 1. The summed E-state index contributed by atoms with van der Waals surface area (Å²) >= 11 is 0. The molecule has 0 saturated heterocycles. The van der Waals surface area contributed by atoms with E-state index in [1.807, 2.05) is 12.1 Å². The van der Waals surface area contributed by atoms with Crippen molar-refractivity contribution < 1.29 is 0 Å². The molecule has 0 heteroatoms. The molecule has 0 N–H and O–H groups in total. The standard InChI is InChI=1S/C18H26/c1-3-5-6-7-8-9-10-11-15-18-16-13-12-14-17(18)4-2/h2,12-14,16H,3,5-11,15H2,1H3. The van der Waals surface area contributed by atoms with Crippen molar-refractivity contribution in [3.63, 3.8) is 0 Å². The van der Waals surface area contributed by atoms with Crippen LogP contribution in [0.15, 0.2) is 24.3 Å². The molecule has 0 unspecified atom stereocenters. The molecular formula is C18H26. The Morgan fingerprint density at radius 3 is 2.17 bits per heavy atom. The van der Waals surface area contributed by atoms with Crippen LogP contribution >= 0.6 is 0 Å². The van der Waals surface area contributed by atoms with Gasteiger partial charge in [0.05, 0.1) is 0 Å². The number of hydrogen-bond donors (Lipinski definition) is 0. The average Bonchev–Trinajstić information content (AvgIpc) is 2.42. The zero-order valence-corrected chi connectivity index (χ0v) is 11.8. The van der Waals surface area contributed by atoms with Gasteiger partial charge in [-0.1, -0.05) is 76.0 Å². The minimum Gasteiger partial charge on any atom is -0.115 e. The van der Waals surface area contributed by atoms with E-state index in [4.69, 9.17) is 6.42 Å². The Morgan fingerprint density at radius 1 is 0.889 bits per heavy atom. The van der Waals surface area contributed by atoms with Crippen molar-refractivity contribution >= 4 is 0 Å². The monoisotopic (exact) mass is 242 g/mol. The summed E-state index contributed by atoms with van der Waals surface area (Å²) in [6, 6.07) is 8.31. The van der Waals surface area contributed by atoms with Gasteiger partial charge >= 0.3 is 0 Å². The number of benzene rings is 1. The molecule has 18 heavy (non-hydrogen) atoms. The molecule has 0 aliphatic carbocycles. The highest BCUT2D eigenvalue weighted by Crippen LogP contribution is 2.13. The van der Waals surface area contributed by atoms with E-state index in [2.05, 4.69) is 25.0 Å². The molecule has 0 amide bonds. The molecule has 0 heterocycles. The van der Waals surface area contributed by atoms with Gasteiger partial charge in [-0.05, 0) is 24.5 Å². The van der Waals surface area contributed by atoms with Gasteiger partial charge in [0.2, 0.25) is 0 Å². The number of rotatable bonds is 9. The zero-order valence-electron chi connectivity index (χ0n) is 11.8. The fourth-order valence-electron chi connectivity index (χ4n) is 2.33. The van der Waals surface area contributed by atoms with E-state index in [9.17, 15) is 0 Å². The highest BCUT2D eigenvalue weighted by atomic mass is 14.0. The molecule has 0 aliphatic heterocycles. The predicted octanol–water partition coefficient (Wildman–Crippen LogP) is 5.35. The van der Waals surface area contributed by atoms with Crippen molar-refractivity contribution in [1.82, 2.24) is 0 Å². The summed E-state index contributed by atoms with van der Waals surface area (Å²) in [4.78, 5) is 0. The molecule has 0 aromatic heterocycles. The third kappa shape index (κ3) is 5.92. The second kappa shape index (κ2) is 9.77. The van der Waals surface area contributed by atoms with Gasteiger partial charge in [0.25, 0.3) is 0 Å². The Hall–Kier alpha value is -1.22. The van der Waals surface area contributed by atoms with Crippen molar-refractivity contribution in [1.29, 1.82) is 0 Å². The van der Waals surface area contributed by atoms with E-state index in [0.717, 1.165) is 12.0 Å². The normalized spacial score (nSPS) is 10.2. The highest BCUT2D eigenvalue weighted by molar-refractivity contribution is 5.39. The van der Waals surface area contributed by atoms with Crippen LogP contribution in [0.25, 0.3) is 0 Å². The fraction of sp³-hybridized carbons (Fsp3) is 0.556. The maximum Gasteiger partial charge on any atom is 0.0274 e. The van der Waals surface area contributed by atoms with Gasteiger partial charge in [-0.15, -0.1) is 6.42 Å². The van der Waals surface area contributed by atoms with Gasteiger partial charge in [-0.25, -0.2) is 0 Å². The Labute approximate surface area is 113 Å². The molecule has 98 valence electrons. The number of hydrogen-bond acceptors (Lipinski definition) is 0. The topological polar surface area (TPSA) is 0 Å². The van der Waals surface area contributed by atoms with Gasteiger partial charge in [-0.3, -0.25) is 0 Å². The van der Waals surface area contributed by atoms with Crippen molar-refractivity contribution in [3.8, 4) is 12.3 Å². The molecule has 0 bridgehead atoms. The summed E-state index contributed by atoms with van der Waals surface area (Å²) < 4.78 is 0. The molecule has 0 fully saturated rings. The van der Waals surface area contributed by atoms with Crippen LogP contribution in [0.2, 0.25) is 0 Å². The minimum absolute atomic E-state index is 1.07.